The summed E-state index contributed by atoms with van der Waals surface area (Å²) in [6.07, 6.45) is -1.95. The van der Waals surface area contributed by atoms with E-state index in [4.69, 9.17) is 0 Å². The molecule has 0 bridgehead atoms. The van der Waals surface area contributed by atoms with Crippen LogP contribution < -0.4 is 5.32 Å². The van der Waals surface area contributed by atoms with Crippen LogP contribution >= 0.6 is 0 Å². The number of carbonyl (C=O) groups is 1. The molecule has 2 saturated heterocycles. The first-order valence-corrected chi connectivity index (χ1v) is 8.62. The Kier molecular flexibility index (Phi) is 5.13. The van der Waals surface area contributed by atoms with E-state index < -0.39 is 12.1 Å². The van der Waals surface area contributed by atoms with E-state index in [9.17, 15) is 18.0 Å². The quantitative estimate of drug-likeness (QED) is 0.893. The van der Waals surface area contributed by atoms with Gasteiger partial charge in [-0.05, 0) is 62.4 Å². The van der Waals surface area contributed by atoms with Gasteiger partial charge in [-0.2, -0.15) is 13.2 Å². The first-order valence-electron chi connectivity index (χ1n) is 8.62. The monoisotopic (exact) mass is 340 g/mol. The smallest absolute Gasteiger partial charge is 0.339 e. The molecule has 0 unspecified atom stereocenters. The Morgan fingerprint density at radius 2 is 1.58 bits per heavy atom. The van der Waals surface area contributed by atoms with Gasteiger partial charge < -0.3 is 10.2 Å². The molecule has 3 nitrogen and oxygen atoms in total. The third-order valence-electron chi connectivity index (χ3n) is 5.21. The van der Waals surface area contributed by atoms with Gasteiger partial charge in [-0.25, -0.2) is 0 Å². The molecule has 0 saturated carbocycles. The molecule has 0 radical (unpaired) electrons. The van der Waals surface area contributed by atoms with Crippen LogP contribution in [0.25, 0.3) is 0 Å². The predicted octanol–water partition coefficient (Wildman–Crippen LogP) is 3.57. The van der Waals surface area contributed by atoms with E-state index in [0.717, 1.165) is 25.9 Å². The third kappa shape index (κ3) is 3.91. The Morgan fingerprint density at radius 3 is 2.12 bits per heavy atom. The first kappa shape index (κ1) is 17.3. The number of nitrogens with zero attached hydrogens (tertiary/aromatic N) is 1. The fourth-order valence-corrected chi connectivity index (χ4v) is 3.65. The average Bonchev–Trinajstić information content (AvgIpc) is 2.61. The van der Waals surface area contributed by atoms with Crippen LogP contribution in [0.5, 0.6) is 0 Å². The molecule has 1 N–H and O–H groups in total. The van der Waals surface area contributed by atoms with E-state index >= 15 is 0 Å². The van der Waals surface area contributed by atoms with Gasteiger partial charge in [0.15, 0.2) is 0 Å². The zero-order valence-electron chi connectivity index (χ0n) is 13.6. The molecule has 2 aliphatic rings. The van der Waals surface area contributed by atoms with Crippen LogP contribution in [0.4, 0.5) is 13.2 Å². The Balaban J connectivity index is 1.59. The van der Waals surface area contributed by atoms with Crippen molar-refractivity contribution in [2.45, 2.75) is 37.8 Å². The van der Waals surface area contributed by atoms with E-state index in [1.165, 1.54) is 5.56 Å². The highest BCUT2D eigenvalue weighted by Gasteiger charge is 2.41. The van der Waals surface area contributed by atoms with Crippen LogP contribution in [-0.4, -0.2) is 43.2 Å². The summed E-state index contributed by atoms with van der Waals surface area (Å²) in [5.74, 6) is -0.908. The van der Waals surface area contributed by atoms with E-state index in [-0.39, 0.29) is 31.8 Å². The normalized spacial score (nSPS) is 21.0. The molecule has 0 aromatic heterocycles. The lowest BCUT2D eigenvalue weighted by atomic mass is 9.89. The lowest BCUT2D eigenvalue weighted by Gasteiger charge is -2.33. The summed E-state index contributed by atoms with van der Waals surface area (Å²) >= 11 is 0. The highest BCUT2D eigenvalue weighted by Crippen LogP contribution is 2.34. The van der Waals surface area contributed by atoms with E-state index in [2.05, 4.69) is 5.32 Å². The molecule has 132 valence electrons. The fourth-order valence-electron chi connectivity index (χ4n) is 3.65. The molecule has 24 heavy (non-hydrogen) atoms. The van der Waals surface area contributed by atoms with Crippen LogP contribution in [-0.2, 0) is 0 Å². The second-order valence-corrected chi connectivity index (χ2v) is 6.75. The minimum atomic E-state index is -4.15. The number of hydrogen-bond acceptors (Lipinski definition) is 2. The number of benzene rings is 1. The standard InChI is InChI=1S/C18H23F3N2O/c19-18(20,21)16-7-11-23(12-8-16)17(24)15-3-1-13(2-4-15)14-5-9-22-10-6-14/h1-4,14,16,22H,5-12H2. The van der Waals surface area contributed by atoms with Crippen molar-refractivity contribution in [3.05, 3.63) is 35.4 Å². The van der Waals surface area contributed by atoms with Gasteiger partial charge in [-0.1, -0.05) is 12.1 Å². The lowest BCUT2D eigenvalue weighted by Crippen LogP contribution is -2.42. The van der Waals surface area contributed by atoms with Gasteiger partial charge in [-0.3, -0.25) is 4.79 Å². The lowest BCUT2D eigenvalue weighted by molar-refractivity contribution is -0.183. The second-order valence-electron chi connectivity index (χ2n) is 6.75. The van der Waals surface area contributed by atoms with Gasteiger partial charge in [0.25, 0.3) is 5.91 Å². The van der Waals surface area contributed by atoms with Crippen molar-refractivity contribution in [3.8, 4) is 0 Å². The van der Waals surface area contributed by atoms with Gasteiger partial charge in [0, 0.05) is 18.7 Å². The van der Waals surface area contributed by atoms with Crippen LogP contribution in [0.3, 0.4) is 0 Å². The molecule has 0 atom stereocenters. The first-order chi connectivity index (χ1) is 11.4. The molecule has 3 rings (SSSR count). The van der Waals surface area contributed by atoms with Gasteiger partial charge in [0.05, 0.1) is 5.92 Å². The van der Waals surface area contributed by atoms with Crippen LogP contribution in [0, 0.1) is 5.92 Å². The van der Waals surface area contributed by atoms with E-state index in [1.54, 1.807) is 4.90 Å². The number of amides is 1. The molecular formula is C18H23F3N2O. The van der Waals surface area contributed by atoms with Gasteiger partial charge in [-0.15, -0.1) is 0 Å². The van der Waals surface area contributed by atoms with Crippen LogP contribution in [0.2, 0.25) is 0 Å². The second kappa shape index (κ2) is 7.13. The maximum atomic E-state index is 12.7. The highest BCUT2D eigenvalue weighted by atomic mass is 19.4. The van der Waals surface area contributed by atoms with Gasteiger partial charge >= 0.3 is 6.18 Å². The van der Waals surface area contributed by atoms with E-state index in [0.29, 0.717) is 11.5 Å². The van der Waals surface area contributed by atoms with Crippen molar-refractivity contribution in [1.29, 1.82) is 0 Å². The van der Waals surface area contributed by atoms with Crippen LogP contribution in [0.15, 0.2) is 24.3 Å². The Hall–Kier alpha value is -1.56. The SMILES string of the molecule is O=C(c1ccc(C2CCNCC2)cc1)N1CCC(C(F)(F)F)CC1. The average molecular weight is 340 g/mol. The third-order valence-corrected chi connectivity index (χ3v) is 5.21. The Morgan fingerprint density at radius 1 is 1.00 bits per heavy atom. The highest BCUT2D eigenvalue weighted by molar-refractivity contribution is 5.94. The molecule has 0 aliphatic carbocycles. The number of rotatable bonds is 2. The van der Waals surface area contributed by atoms with Gasteiger partial charge in [0.2, 0.25) is 0 Å². The minimum Gasteiger partial charge on any atom is -0.339 e. The molecule has 2 heterocycles. The number of piperidine rings is 2. The largest absolute Gasteiger partial charge is 0.391 e. The summed E-state index contributed by atoms with van der Waals surface area (Å²) in [4.78, 5) is 14.0. The Labute approximate surface area is 140 Å². The minimum absolute atomic E-state index is 0.00238. The number of alkyl halides is 3. The van der Waals surface area contributed by atoms with Crippen molar-refractivity contribution in [3.63, 3.8) is 0 Å². The zero-order chi connectivity index (χ0) is 17.2. The molecule has 0 spiro atoms. The summed E-state index contributed by atoms with van der Waals surface area (Å²) in [5.41, 5.74) is 1.81. The summed E-state index contributed by atoms with van der Waals surface area (Å²) in [7, 11) is 0. The number of nitrogens with one attached hydrogen (secondary N) is 1. The predicted molar refractivity (Wildman–Crippen MR) is 86.0 cm³/mol. The molecule has 6 heteroatoms. The maximum Gasteiger partial charge on any atom is 0.391 e. The maximum absolute atomic E-state index is 12.7. The molecule has 1 aromatic rings. The number of halogens is 3. The van der Waals surface area contributed by atoms with Crippen LogP contribution in [0.1, 0.15) is 47.5 Å². The van der Waals surface area contributed by atoms with Crippen molar-refractivity contribution in [2.24, 2.45) is 5.92 Å². The number of carbonyl (C=O) groups excluding carboxylic acids is 1. The van der Waals surface area contributed by atoms with Gasteiger partial charge in [0.1, 0.15) is 0 Å². The topological polar surface area (TPSA) is 32.3 Å². The zero-order valence-corrected chi connectivity index (χ0v) is 13.6. The molecule has 2 fully saturated rings. The molecule has 2 aliphatic heterocycles. The summed E-state index contributed by atoms with van der Waals surface area (Å²) < 4.78 is 38.1. The Bertz CT molecular complexity index is 557. The number of likely N-dealkylation sites (tertiary alicyclic amines) is 1. The van der Waals surface area contributed by atoms with Crippen molar-refractivity contribution in [1.82, 2.24) is 10.2 Å². The van der Waals surface area contributed by atoms with Crippen molar-refractivity contribution in [2.75, 3.05) is 26.2 Å². The summed E-state index contributed by atoms with van der Waals surface area (Å²) in [5, 5.41) is 3.33. The molecule has 1 aromatic carbocycles. The van der Waals surface area contributed by atoms with E-state index in [1.807, 2.05) is 24.3 Å². The summed E-state index contributed by atoms with van der Waals surface area (Å²) in [6, 6.07) is 7.61. The summed E-state index contributed by atoms with van der Waals surface area (Å²) in [6.45, 7) is 2.39. The number of hydrogen-bond donors (Lipinski definition) is 1. The molecule has 1 amide bonds. The van der Waals surface area contributed by atoms with Crippen molar-refractivity contribution >= 4 is 5.91 Å². The van der Waals surface area contributed by atoms with Crippen molar-refractivity contribution < 1.29 is 18.0 Å². The fraction of sp³-hybridized carbons (Fsp3) is 0.611. The molecular weight excluding hydrogens is 317 g/mol.